The van der Waals surface area contributed by atoms with E-state index in [2.05, 4.69) is 5.32 Å². The van der Waals surface area contributed by atoms with E-state index in [9.17, 15) is 18.0 Å². The van der Waals surface area contributed by atoms with Crippen LogP contribution in [0.2, 0.25) is 0 Å². The molecule has 0 bridgehead atoms. The molecule has 2 rings (SSSR count). The third-order valence-electron chi connectivity index (χ3n) is 5.46. The number of ether oxygens (including phenoxy) is 1. The number of carbonyl (C=O) groups is 2. The van der Waals surface area contributed by atoms with Gasteiger partial charge in [0.25, 0.3) is 0 Å². The van der Waals surface area contributed by atoms with E-state index in [-0.39, 0.29) is 31.2 Å². The predicted molar refractivity (Wildman–Crippen MR) is 134 cm³/mol. The van der Waals surface area contributed by atoms with Crippen LogP contribution in [0, 0.1) is 6.92 Å². The number of rotatable bonds is 12. The number of nitrogens with zero attached hydrogens (tertiary/aromatic N) is 2. The number of para-hydroxylation sites is 2. The summed E-state index contributed by atoms with van der Waals surface area (Å²) < 4.78 is 31.5. The van der Waals surface area contributed by atoms with Crippen LogP contribution in [0.25, 0.3) is 0 Å². The number of hydrogen-bond donors (Lipinski definition) is 1. The van der Waals surface area contributed by atoms with Crippen molar-refractivity contribution >= 4 is 27.5 Å². The van der Waals surface area contributed by atoms with Crippen LogP contribution in [-0.2, 0) is 26.2 Å². The van der Waals surface area contributed by atoms with E-state index in [1.54, 1.807) is 36.1 Å². The second-order valence-electron chi connectivity index (χ2n) is 8.19. The lowest BCUT2D eigenvalue weighted by molar-refractivity contribution is -0.140. The zero-order chi connectivity index (χ0) is 25.3. The molecule has 0 saturated carbocycles. The highest BCUT2D eigenvalue weighted by Crippen LogP contribution is 2.29. The minimum atomic E-state index is -3.59. The molecular weight excluding hydrogens is 454 g/mol. The van der Waals surface area contributed by atoms with Crippen molar-refractivity contribution < 1.29 is 22.7 Å². The summed E-state index contributed by atoms with van der Waals surface area (Å²) in [6.45, 7) is 6.38. The van der Waals surface area contributed by atoms with Crippen LogP contribution < -0.4 is 14.4 Å². The van der Waals surface area contributed by atoms with E-state index < -0.39 is 16.1 Å². The van der Waals surface area contributed by atoms with Crippen LogP contribution in [0.4, 0.5) is 5.69 Å². The van der Waals surface area contributed by atoms with Crippen LogP contribution in [-0.4, -0.2) is 57.6 Å². The predicted octanol–water partition coefficient (Wildman–Crippen LogP) is 3.10. The van der Waals surface area contributed by atoms with Gasteiger partial charge in [-0.15, -0.1) is 0 Å². The highest BCUT2D eigenvalue weighted by molar-refractivity contribution is 7.92. The Labute approximate surface area is 202 Å². The molecule has 0 spiro atoms. The minimum absolute atomic E-state index is 0.0940. The van der Waals surface area contributed by atoms with Crippen molar-refractivity contribution in [3.05, 3.63) is 59.7 Å². The largest absolute Gasteiger partial charge is 0.495 e. The van der Waals surface area contributed by atoms with E-state index in [1.807, 2.05) is 38.1 Å². The first-order chi connectivity index (χ1) is 16.1. The van der Waals surface area contributed by atoms with Gasteiger partial charge in [0.2, 0.25) is 21.8 Å². The smallest absolute Gasteiger partial charge is 0.242 e. The van der Waals surface area contributed by atoms with Crippen LogP contribution in [0.5, 0.6) is 5.75 Å². The van der Waals surface area contributed by atoms with Crippen LogP contribution in [0.3, 0.4) is 0 Å². The summed E-state index contributed by atoms with van der Waals surface area (Å²) in [7, 11) is -2.11. The number of methoxy groups -OCH3 is 1. The first-order valence-corrected chi connectivity index (χ1v) is 13.2. The summed E-state index contributed by atoms with van der Waals surface area (Å²) >= 11 is 0. The van der Waals surface area contributed by atoms with Gasteiger partial charge in [-0.3, -0.25) is 13.9 Å². The molecule has 34 heavy (non-hydrogen) atoms. The number of benzene rings is 2. The molecule has 0 aromatic heterocycles. The molecule has 0 aliphatic carbocycles. The van der Waals surface area contributed by atoms with Crippen molar-refractivity contribution in [2.75, 3.05) is 30.8 Å². The Morgan fingerprint density at radius 1 is 1.12 bits per heavy atom. The van der Waals surface area contributed by atoms with Gasteiger partial charge in [-0.05, 0) is 44.9 Å². The molecule has 2 aromatic rings. The lowest BCUT2D eigenvalue weighted by Crippen LogP contribution is -2.47. The highest BCUT2D eigenvalue weighted by atomic mass is 32.2. The molecule has 186 valence electrons. The van der Waals surface area contributed by atoms with Crippen LogP contribution in [0.1, 0.15) is 37.8 Å². The van der Waals surface area contributed by atoms with Crippen molar-refractivity contribution in [2.24, 2.45) is 0 Å². The third-order valence-corrected chi connectivity index (χ3v) is 6.64. The van der Waals surface area contributed by atoms with Gasteiger partial charge in [-0.2, -0.15) is 0 Å². The first-order valence-electron chi connectivity index (χ1n) is 11.3. The molecule has 9 heteroatoms. The molecule has 1 atom stereocenters. The van der Waals surface area contributed by atoms with Crippen molar-refractivity contribution in [1.29, 1.82) is 0 Å². The summed E-state index contributed by atoms with van der Waals surface area (Å²) in [5.41, 5.74) is 2.42. The molecule has 2 amide bonds. The zero-order valence-corrected chi connectivity index (χ0v) is 21.4. The SMILES string of the molecule is CCNC(=O)[C@@H](C)N(Cc1cccc(C)c1)C(=O)CCCN(c1ccccc1OC)S(C)(=O)=O. The molecule has 1 N–H and O–H groups in total. The maximum Gasteiger partial charge on any atom is 0.242 e. The average Bonchev–Trinajstić information content (AvgIpc) is 2.79. The molecule has 0 fully saturated rings. The van der Waals surface area contributed by atoms with Gasteiger partial charge in [0.1, 0.15) is 11.8 Å². The number of nitrogens with one attached hydrogen (secondary N) is 1. The van der Waals surface area contributed by atoms with Crippen molar-refractivity contribution in [3.63, 3.8) is 0 Å². The molecular formula is C25H35N3O5S. The number of carbonyl (C=O) groups excluding carboxylic acids is 2. The van der Waals surface area contributed by atoms with Gasteiger partial charge < -0.3 is 15.0 Å². The molecule has 0 radical (unpaired) electrons. The quantitative estimate of drug-likeness (QED) is 0.494. The number of anilines is 1. The Morgan fingerprint density at radius 2 is 1.82 bits per heavy atom. The Hall–Kier alpha value is -3.07. The molecule has 0 aliphatic heterocycles. The maximum atomic E-state index is 13.2. The second-order valence-corrected chi connectivity index (χ2v) is 10.1. The number of sulfonamides is 1. The number of aryl methyl sites for hydroxylation is 1. The van der Waals surface area contributed by atoms with E-state index in [0.29, 0.717) is 24.5 Å². The summed E-state index contributed by atoms with van der Waals surface area (Å²) in [4.78, 5) is 27.3. The van der Waals surface area contributed by atoms with Crippen molar-refractivity contribution in [3.8, 4) is 5.75 Å². The number of likely N-dealkylation sites (N-methyl/N-ethyl adjacent to an activating group) is 1. The van der Waals surface area contributed by atoms with E-state index in [0.717, 1.165) is 17.4 Å². The Bertz CT molecular complexity index is 1090. The normalized spacial score (nSPS) is 12.0. The summed E-state index contributed by atoms with van der Waals surface area (Å²) in [5.74, 6) is -0.00536. The topological polar surface area (TPSA) is 96.0 Å². The zero-order valence-electron chi connectivity index (χ0n) is 20.6. The monoisotopic (exact) mass is 489 g/mol. The van der Waals surface area contributed by atoms with Crippen LogP contribution >= 0.6 is 0 Å². The highest BCUT2D eigenvalue weighted by Gasteiger charge is 2.27. The lowest BCUT2D eigenvalue weighted by atomic mass is 10.1. The second kappa shape index (κ2) is 12.4. The average molecular weight is 490 g/mol. The molecule has 0 aliphatic rings. The molecule has 0 unspecified atom stereocenters. The summed E-state index contributed by atoms with van der Waals surface area (Å²) in [6.07, 6.45) is 1.51. The van der Waals surface area contributed by atoms with E-state index in [4.69, 9.17) is 4.74 Å². The summed E-state index contributed by atoms with van der Waals surface area (Å²) in [5, 5.41) is 2.77. The number of hydrogen-bond acceptors (Lipinski definition) is 5. The Morgan fingerprint density at radius 3 is 2.44 bits per heavy atom. The third kappa shape index (κ3) is 7.48. The van der Waals surface area contributed by atoms with Crippen molar-refractivity contribution in [2.45, 2.75) is 46.2 Å². The van der Waals surface area contributed by atoms with Gasteiger partial charge in [0.05, 0.1) is 19.1 Å². The van der Waals surface area contributed by atoms with Gasteiger partial charge in [-0.25, -0.2) is 8.42 Å². The molecule has 0 saturated heterocycles. The number of amides is 2. The van der Waals surface area contributed by atoms with Gasteiger partial charge in [-0.1, -0.05) is 42.0 Å². The van der Waals surface area contributed by atoms with Gasteiger partial charge in [0, 0.05) is 26.1 Å². The Balaban J connectivity index is 2.18. The lowest BCUT2D eigenvalue weighted by Gasteiger charge is -2.29. The molecule has 2 aromatic carbocycles. The minimum Gasteiger partial charge on any atom is -0.495 e. The van der Waals surface area contributed by atoms with Gasteiger partial charge >= 0.3 is 0 Å². The first kappa shape index (κ1) is 27.2. The fourth-order valence-corrected chi connectivity index (χ4v) is 4.70. The molecule has 0 heterocycles. The fourth-order valence-electron chi connectivity index (χ4n) is 3.73. The standard InChI is InChI=1S/C25H35N3O5S/c1-6-26-25(30)20(3)27(18-21-12-9-11-19(2)17-21)24(29)15-10-16-28(34(5,31)32)22-13-7-8-14-23(22)33-4/h7-9,11-14,17,20H,6,10,15-16,18H2,1-5H3,(H,26,30)/t20-/m1/s1. The fraction of sp³-hybridized carbons (Fsp3) is 0.440. The summed E-state index contributed by atoms with van der Waals surface area (Å²) in [6, 6.07) is 14.0. The maximum absolute atomic E-state index is 13.2. The van der Waals surface area contributed by atoms with E-state index in [1.165, 1.54) is 11.4 Å². The van der Waals surface area contributed by atoms with Crippen molar-refractivity contribution in [1.82, 2.24) is 10.2 Å². The molecule has 8 nitrogen and oxygen atoms in total. The van der Waals surface area contributed by atoms with Crippen LogP contribution in [0.15, 0.2) is 48.5 Å². The van der Waals surface area contributed by atoms with E-state index >= 15 is 0 Å². The van der Waals surface area contributed by atoms with Gasteiger partial charge in [0.15, 0.2) is 0 Å². The Kier molecular flexibility index (Phi) is 9.92.